The zero-order valence-electron chi connectivity index (χ0n) is 14.7. The molecule has 0 fully saturated rings. The van der Waals surface area contributed by atoms with E-state index >= 15 is 0 Å². The van der Waals surface area contributed by atoms with Crippen LogP contribution in [-0.2, 0) is 21.4 Å². The average molecular weight is 356 g/mol. The molecule has 0 spiro atoms. The van der Waals surface area contributed by atoms with E-state index in [-0.39, 0.29) is 18.1 Å². The number of sulfonamides is 1. The van der Waals surface area contributed by atoms with Gasteiger partial charge in [0.05, 0.1) is 12.9 Å². The first-order valence-corrected chi connectivity index (χ1v) is 9.91. The Kier molecular flexibility index (Phi) is 8.78. The first kappa shape index (κ1) is 20.4. The molecule has 0 aromatic heterocycles. The van der Waals surface area contributed by atoms with Crippen molar-refractivity contribution < 1.29 is 17.9 Å². The second-order valence-corrected chi connectivity index (χ2v) is 7.68. The van der Waals surface area contributed by atoms with Crippen LogP contribution in [0.5, 0.6) is 5.75 Å². The molecule has 136 valence electrons. The van der Waals surface area contributed by atoms with E-state index in [1.807, 2.05) is 38.1 Å². The maximum Gasteiger partial charge on any atom is 0.221 e. The van der Waals surface area contributed by atoms with Gasteiger partial charge in [0, 0.05) is 26.1 Å². The lowest BCUT2D eigenvalue weighted by Gasteiger charge is -2.20. The highest BCUT2D eigenvalue weighted by molar-refractivity contribution is 7.89. The van der Waals surface area contributed by atoms with Crippen LogP contribution in [0, 0.1) is 0 Å². The van der Waals surface area contributed by atoms with Crippen molar-refractivity contribution in [3.63, 3.8) is 0 Å². The van der Waals surface area contributed by atoms with E-state index in [9.17, 15) is 13.2 Å². The molecule has 0 radical (unpaired) electrons. The molecule has 1 N–H and O–H groups in total. The Bertz CT molecular complexity index is 611. The lowest BCUT2D eigenvalue weighted by Crippen LogP contribution is -2.36. The number of amides is 1. The molecule has 0 aliphatic heterocycles. The standard InChI is InChI=1S/C17H28N2O4S/c1-4-10-19(11-5-2)24(21,22)12-9-17(20)18-14-15-7-6-8-16(13-15)23-3/h6-8,13H,4-5,9-12,14H2,1-3H3,(H,18,20). The Morgan fingerprint density at radius 1 is 1.21 bits per heavy atom. The van der Waals surface area contributed by atoms with Crippen LogP contribution in [0.15, 0.2) is 24.3 Å². The molecular formula is C17H28N2O4S. The Hall–Kier alpha value is -1.60. The van der Waals surface area contributed by atoms with Crippen LogP contribution in [-0.4, -0.2) is 44.6 Å². The smallest absolute Gasteiger partial charge is 0.221 e. The molecule has 0 aliphatic carbocycles. The van der Waals surface area contributed by atoms with E-state index < -0.39 is 10.0 Å². The summed E-state index contributed by atoms with van der Waals surface area (Å²) in [6, 6.07) is 7.39. The summed E-state index contributed by atoms with van der Waals surface area (Å²) in [6.07, 6.45) is 1.50. The third-order valence-corrected chi connectivity index (χ3v) is 5.42. The van der Waals surface area contributed by atoms with Crippen molar-refractivity contribution >= 4 is 15.9 Å². The summed E-state index contributed by atoms with van der Waals surface area (Å²) in [6.45, 7) is 5.24. The number of methoxy groups -OCH3 is 1. The Labute approximate surface area is 145 Å². The third kappa shape index (κ3) is 6.88. The van der Waals surface area contributed by atoms with Crippen LogP contribution in [0.25, 0.3) is 0 Å². The van der Waals surface area contributed by atoms with Crippen LogP contribution in [0.3, 0.4) is 0 Å². The van der Waals surface area contributed by atoms with Gasteiger partial charge in [0.2, 0.25) is 15.9 Å². The van der Waals surface area contributed by atoms with Crippen molar-refractivity contribution in [2.24, 2.45) is 0 Å². The molecule has 0 saturated heterocycles. The summed E-state index contributed by atoms with van der Waals surface area (Å²) in [5, 5.41) is 2.75. The maximum absolute atomic E-state index is 12.3. The van der Waals surface area contributed by atoms with E-state index in [0.717, 1.165) is 24.2 Å². The molecule has 0 unspecified atom stereocenters. The monoisotopic (exact) mass is 356 g/mol. The summed E-state index contributed by atoms with van der Waals surface area (Å²) in [4.78, 5) is 11.9. The first-order valence-electron chi connectivity index (χ1n) is 8.30. The zero-order chi connectivity index (χ0) is 18.0. The molecule has 1 aromatic rings. The fraction of sp³-hybridized carbons (Fsp3) is 0.588. The van der Waals surface area contributed by atoms with Gasteiger partial charge in [-0.05, 0) is 30.5 Å². The molecule has 7 heteroatoms. The number of carbonyl (C=O) groups excluding carboxylic acids is 1. The van der Waals surface area contributed by atoms with E-state index in [0.29, 0.717) is 19.6 Å². The maximum atomic E-state index is 12.3. The summed E-state index contributed by atoms with van der Waals surface area (Å²) in [5.74, 6) is 0.296. The minimum atomic E-state index is -3.38. The quantitative estimate of drug-likeness (QED) is 0.659. The Balaban J connectivity index is 2.49. The molecule has 24 heavy (non-hydrogen) atoms. The van der Waals surface area contributed by atoms with Gasteiger partial charge < -0.3 is 10.1 Å². The number of nitrogens with zero attached hydrogens (tertiary/aromatic N) is 1. The van der Waals surface area contributed by atoms with Crippen LogP contribution in [0.4, 0.5) is 0 Å². The SMILES string of the molecule is CCCN(CCC)S(=O)(=O)CCC(=O)NCc1cccc(OC)c1. The summed E-state index contributed by atoms with van der Waals surface area (Å²) in [7, 11) is -1.80. The van der Waals surface area contributed by atoms with E-state index in [4.69, 9.17) is 4.74 Å². The van der Waals surface area contributed by atoms with Gasteiger partial charge in [-0.25, -0.2) is 12.7 Å². The van der Waals surface area contributed by atoms with Crippen molar-refractivity contribution in [1.82, 2.24) is 9.62 Å². The second kappa shape index (κ2) is 10.3. The molecule has 1 amide bonds. The molecule has 0 atom stereocenters. The number of carbonyl (C=O) groups is 1. The molecule has 1 aromatic carbocycles. The molecule has 0 heterocycles. The van der Waals surface area contributed by atoms with Crippen molar-refractivity contribution in [2.45, 2.75) is 39.7 Å². The lowest BCUT2D eigenvalue weighted by atomic mass is 10.2. The third-order valence-electron chi connectivity index (χ3n) is 3.55. The van der Waals surface area contributed by atoms with Gasteiger partial charge in [0.25, 0.3) is 0 Å². The Morgan fingerprint density at radius 2 is 1.88 bits per heavy atom. The van der Waals surface area contributed by atoms with E-state index in [1.165, 1.54) is 4.31 Å². The van der Waals surface area contributed by atoms with E-state index in [1.54, 1.807) is 7.11 Å². The van der Waals surface area contributed by atoms with Gasteiger partial charge in [0.1, 0.15) is 5.75 Å². The second-order valence-electron chi connectivity index (χ2n) is 5.59. The highest BCUT2D eigenvalue weighted by atomic mass is 32.2. The molecular weight excluding hydrogens is 328 g/mol. The van der Waals surface area contributed by atoms with Crippen LogP contribution < -0.4 is 10.1 Å². The van der Waals surface area contributed by atoms with Crippen molar-refractivity contribution in [3.8, 4) is 5.75 Å². The highest BCUT2D eigenvalue weighted by Gasteiger charge is 2.21. The fourth-order valence-corrected chi connectivity index (χ4v) is 3.93. The summed E-state index contributed by atoms with van der Waals surface area (Å²) in [5.41, 5.74) is 0.907. The molecule has 0 saturated carbocycles. The van der Waals surface area contributed by atoms with Crippen molar-refractivity contribution in [2.75, 3.05) is 26.0 Å². The topological polar surface area (TPSA) is 75.7 Å². The molecule has 0 bridgehead atoms. The number of rotatable bonds is 11. The first-order chi connectivity index (χ1) is 11.4. The highest BCUT2D eigenvalue weighted by Crippen LogP contribution is 2.12. The molecule has 0 aliphatic rings. The zero-order valence-corrected chi connectivity index (χ0v) is 15.6. The largest absolute Gasteiger partial charge is 0.497 e. The minimum absolute atomic E-state index is 0.0315. The van der Waals surface area contributed by atoms with Crippen LogP contribution in [0.2, 0.25) is 0 Å². The molecule has 6 nitrogen and oxygen atoms in total. The normalized spacial score (nSPS) is 11.5. The number of nitrogens with one attached hydrogen (secondary N) is 1. The lowest BCUT2D eigenvalue weighted by molar-refractivity contribution is -0.120. The predicted molar refractivity (Wildman–Crippen MR) is 95.4 cm³/mol. The van der Waals surface area contributed by atoms with Gasteiger partial charge in [-0.15, -0.1) is 0 Å². The summed E-state index contributed by atoms with van der Waals surface area (Å²) >= 11 is 0. The van der Waals surface area contributed by atoms with Gasteiger partial charge in [0.15, 0.2) is 0 Å². The van der Waals surface area contributed by atoms with Gasteiger partial charge in [-0.3, -0.25) is 4.79 Å². The minimum Gasteiger partial charge on any atom is -0.497 e. The van der Waals surface area contributed by atoms with Crippen LogP contribution in [0.1, 0.15) is 38.7 Å². The van der Waals surface area contributed by atoms with Crippen molar-refractivity contribution in [1.29, 1.82) is 0 Å². The van der Waals surface area contributed by atoms with Crippen molar-refractivity contribution in [3.05, 3.63) is 29.8 Å². The number of hydrogen-bond acceptors (Lipinski definition) is 4. The number of benzene rings is 1. The average Bonchev–Trinajstić information content (AvgIpc) is 2.58. The Morgan fingerprint density at radius 3 is 2.46 bits per heavy atom. The van der Waals surface area contributed by atoms with Gasteiger partial charge >= 0.3 is 0 Å². The number of ether oxygens (including phenoxy) is 1. The number of hydrogen-bond donors (Lipinski definition) is 1. The van der Waals surface area contributed by atoms with Crippen LogP contribution >= 0.6 is 0 Å². The summed E-state index contributed by atoms with van der Waals surface area (Å²) < 4.78 is 31.2. The predicted octanol–water partition coefficient (Wildman–Crippen LogP) is 2.15. The van der Waals surface area contributed by atoms with Gasteiger partial charge in [-0.2, -0.15) is 0 Å². The molecule has 1 rings (SSSR count). The van der Waals surface area contributed by atoms with Gasteiger partial charge in [-0.1, -0.05) is 26.0 Å². The fourth-order valence-electron chi connectivity index (χ4n) is 2.31. The van der Waals surface area contributed by atoms with E-state index in [2.05, 4.69) is 5.32 Å².